The lowest BCUT2D eigenvalue weighted by molar-refractivity contribution is 0.628. The Morgan fingerprint density at radius 2 is 1.89 bits per heavy atom. The fourth-order valence-electron chi connectivity index (χ4n) is 1.94. The highest BCUT2D eigenvalue weighted by molar-refractivity contribution is 9.10. The van der Waals surface area contributed by atoms with Crippen molar-refractivity contribution >= 4 is 27.3 Å². The maximum absolute atomic E-state index is 13.0. The molecule has 0 bridgehead atoms. The summed E-state index contributed by atoms with van der Waals surface area (Å²) in [4.78, 5) is 1.97. The second-order valence-electron chi connectivity index (χ2n) is 3.99. The molecule has 4 heteroatoms. The van der Waals surface area contributed by atoms with Crippen LogP contribution in [-0.2, 0) is 0 Å². The molecule has 0 unspecified atom stereocenters. The SMILES string of the molecule is CCN(c1ccc(F)cc1)c1cc(Br)ccc1C#N. The third-order valence-corrected chi connectivity index (χ3v) is 3.32. The molecule has 2 aromatic rings. The maximum Gasteiger partial charge on any atom is 0.123 e. The number of anilines is 2. The first-order valence-corrected chi connectivity index (χ1v) is 6.67. The van der Waals surface area contributed by atoms with Crippen molar-refractivity contribution in [1.82, 2.24) is 0 Å². The predicted octanol–water partition coefficient (Wildman–Crippen LogP) is 4.62. The topological polar surface area (TPSA) is 27.0 Å². The van der Waals surface area contributed by atoms with Gasteiger partial charge in [-0.2, -0.15) is 5.26 Å². The lowest BCUT2D eigenvalue weighted by Gasteiger charge is -2.24. The van der Waals surface area contributed by atoms with Gasteiger partial charge in [-0.1, -0.05) is 15.9 Å². The average Bonchev–Trinajstić information content (AvgIpc) is 2.42. The highest BCUT2D eigenvalue weighted by Gasteiger charge is 2.12. The lowest BCUT2D eigenvalue weighted by atomic mass is 10.1. The standard InChI is InChI=1S/C15H12BrFN2/c1-2-19(14-7-5-13(17)6-8-14)15-9-12(16)4-3-11(15)10-18/h3-9H,2H2,1H3. The molecule has 0 aliphatic heterocycles. The Bertz CT molecular complexity index is 617. The molecule has 0 amide bonds. The molecule has 2 aromatic carbocycles. The first-order valence-electron chi connectivity index (χ1n) is 5.88. The molecule has 0 atom stereocenters. The highest BCUT2D eigenvalue weighted by atomic mass is 79.9. The molecule has 2 nitrogen and oxygen atoms in total. The minimum atomic E-state index is -0.269. The van der Waals surface area contributed by atoms with Crippen molar-refractivity contribution in [1.29, 1.82) is 5.26 Å². The van der Waals surface area contributed by atoms with Crippen LogP contribution in [0, 0.1) is 17.1 Å². The predicted molar refractivity (Wildman–Crippen MR) is 77.9 cm³/mol. The number of hydrogen-bond donors (Lipinski definition) is 0. The van der Waals surface area contributed by atoms with Gasteiger partial charge in [0.05, 0.1) is 11.3 Å². The molecule has 0 aliphatic carbocycles. The van der Waals surface area contributed by atoms with Crippen molar-refractivity contribution in [2.45, 2.75) is 6.92 Å². The Kier molecular flexibility index (Phi) is 4.18. The Morgan fingerprint density at radius 3 is 2.47 bits per heavy atom. The van der Waals surface area contributed by atoms with Crippen LogP contribution in [0.25, 0.3) is 0 Å². The van der Waals surface area contributed by atoms with E-state index >= 15 is 0 Å². The van der Waals surface area contributed by atoms with Gasteiger partial charge in [0.15, 0.2) is 0 Å². The molecule has 0 saturated carbocycles. The largest absolute Gasteiger partial charge is 0.341 e. The van der Waals surface area contributed by atoms with Crippen LogP contribution in [-0.4, -0.2) is 6.54 Å². The van der Waals surface area contributed by atoms with Gasteiger partial charge < -0.3 is 4.90 Å². The van der Waals surface area contributed by atoms with E-state index in [-0.39, 0.29) is 5.82 Å². The summed E-state index contributed by atoms with van der Waals surface area (Å²) in [5, 5.41) is 9.19. The lowest BCUT2D eigenvalue weighted by Crippen LogP contribution is -2.17. The van der Waals surface area contributed by atoms with Crippen LogP contribution >= 0.6 is 15.9 Å². The van der Waals surface area contributed by atoms with Crippen molar-refractivity contribution in [2.75, 3.05) is 11.4 Å². The third-order valence-electron chi connectivity index (χ3n) is 2.83. The second kappa shape index (κ2) is 5.85. The van der Waals surface area contributed by atoms with E-state index in [4.69, 9.17) is 0 Å². The van der Waals surface area contributed by atoms with Crippen LogP contribution in [0.3, 0.4) is 0 Å². The molecule has 0 spiro atoms. The number of halogens is 2. The van der Waals surface area contributed by atoms with Gasteiger partial charge in [0.25, 0.3) is 0 Å². The quantitative estimate of drug-likeness (QED) is 0.825. The summed E-state index contributed by atoms with van der Waals surface area (Å²) in [5.41, 5.74) is 2.26. The number of rotatable bonds is 3. The monoisotopic (exact) mass is 318 g/mol. The second-order valence-corrected chi connectivity index (χ2v) is 4.91. The molecule has 0 aromatic heterocycles. The number of benzene rings is 2. The summed E-state index contributed by atoms with van der Waals surface area (Å²) in [6.45, 7) is 2.68. The first kappa shape index (κ1) is 13.6. The normalized spacial score (nSPS) is 10.0. The summed E-state index contributed by atoms with van der Waals surface area (Å²) in [6.07, 6.45) is 0. The van der Waals surface area contributed by atoms with E-state index in [1.807, 2.05) is 24.0 Å². The minimum Gasteiger partial charge on any atom is -0.341 e. The number of hydrogen-bond acceptors (Lipinski definition) is 2. The van der Waals surface area contributed by atoms with Gasteiger partial charge in [0.2, 0.25) is 0 Å². The summed E-state index contributed by atoms with van der Waals surface area (Å²) in [6, 6.07) is 13.9. The van der Waals surface area contributed by atoms with E-state index < -0.39 is 0 Å². The van der Waals surface area contributed by atoms with Gasteiger partial charge in [-0.25, -0.2) is 4.39 Å². The van der Waals surface area contributed by atoms with Gasteiger partial charge in [-0.3, -0.25) is 0 Å². The summed E-state index contributed by atoms with van der Waals surface area (Å²) < 4.78 is 13.9. The summed E-state index contributed by atoms with van der Waals surface area (Å²) in [5.74, 6) is -0.269. The van der Waals surface area contributed by atoms with Gasteiger partial charge in [-0.15, -0.1) is 0 Å². The molecule has 0 saturated heterocycles. The molecule has 0 heterocycles. The van der Waals surface area contributed by atoms with Crippen LogP contribution in [0.4, 0.5) is 15.8 Å². The van der Waals surface area contributed by atoms with Crippen molar-refractivity contribution in [3.63, 3.8) is 0 Å². The molecular formula is C15H12BrFN2. The maximum atomic E-state index is 13.0. The summed E-state index contributed by atoms with van der Waals surface area (Å²) in [7, 11) is 0. The van der Waals surface area contributed by atoms with Crippen molar-refractivity contribution < 1.29 is 4.39 Å². The molecule has 0 N–H and O–H groups in total. The molecule has 0 fully saturated rings. The van der Waals surface area contributed by atoms with E-state index in [1.165, 1.54) is 12.1 Å². The van der Waals surface area contributed by atoms with Gasteiger partial charge >= 0.3 is 0 Å². The fraction of sp³-hybridized carbons (Fsp3) is 0.133. The average molecular weight is 319 g/mol. The van der Waals surface area contributed by atoms with Gasteiger partial charge in [0, 0.05) is 16.7 Å². The van der Waals surface area contributed by atoms with Crippen LogP contribution in [0.1, 0.15) is 12.5 Å². The molecule has 0 aliphatic rings. The van der Waals surface area contributed by atoms with Crippen molar-refractivity contribution in [3.05, 3.63) is 58.3 Å². The van der Waals surface area contributed by atoms with Crippen molar-refractivity contribution in [3.8, 4) is 6.07 Å². The van der Waals surface area contributed by atoms with Crippen LogP contribution in [0.15, 0.2) is 46.9 Å². The van der Waals surface area contributed by atoms with Crippen LogP contribution in [0.2, 0.25) is 0 Å². The molecule has 0 radical (unpaired) electrons. The zero-order valence-electron chi connectivity index (χ0n) is 10.4. The Labute approximate surface area is 120 Å². The zero-order valence-corrected chi connectivity index (χ0v) is 12.0. The van der Waals surface area contributed by atoms with E-state index in [0.29, 0.717) is 12.1 Å². The molecule has 2 rings (SSSR count). The molecular weight excluding hydrogens is 307 g/mol. The Morgan fingerprint density at radius 1 is 1.21 bits per heavy atom. The smallest absolute Gasteiger partial charge is 0.123 e. The van der Waals surface area contributed by atoms with Crippen LogP contribution in [0.5, 0.6) is 0 Å². The Hall–Kier alpha value is -1.86. The summed E-state index contributed by atoms with van der Waals surface area (Å²) >= 11 is 3.41. The molecule has 19 heavy (non-hydrogen) atoms. The van der Waals surface area contributed by atoms with Crippen LogP contribution < -0.4 is 4.90 Å². The van der Waals surface area contributed by atoms with E-state index in [1.54, 1.807) is 18.2 Å². The number of nitriles is 1. The fourth-order valence-corrected chi connectivity index (χ4v) is 2.28. The highest BCUT2D eigenvalue weighted by Crippen LogP contribution is 2.30. The van der Waals surface area contributed by atoms with E-state index in [2.05, 4.69) is 22.0 Å². The Balaban J connectivity index is 2.51. The van der Waals surface area contributed by atoms with Gasteiger partial charge in [-0.05, 0) is 49.4 Å². The van der Waals surface area contributed by atoms with Crippen molar-refractivity contribution in [2.24, 2.45) is 0 Å². The van der Waals surface area contributed by atoms with E-state index in [0.717, 1.165) is 15.8 Å². The van der Waals surface area contributed by atoms with E-state index in [9.17, 15) is 9.65 Å². The van der Waals surface area contributed by atoms with Gasteiger partial charge in [0.1, 0.15) is 11.9 Å². The number of nitrogens with zero attached hydrogens (tertiary/aromatic N) is 2. The first-order chi connectivity index (χ1) is 9.15. The minimum absolute atomic E-state index is 0.269. The third kappa shape index (κ3) is 2.94. The molecule has 96 valence electrons. The zero-order chi connectivity index (χ0) is 13.8.